The number of para-hydroxylation sites is 2. The van der Waals surface area contributed by atoms with Crippen molar-refractivity contribution in [3.63, 3.8) is 0 Å². The molecule has 1 aromatic rings. The van der Waals surface area contributed by atoms with E-state index in [0.717, 1.165) is 19.4 Å². The molecule has 1 aliphatic rings. The normalized spacial score (nSPS) is 18.6. The largest absolute Gasteiger partial charge is 0.466 e. The van der Waals surface area contributed by atoms with Gasteiger partial charge >= 0.3 is 5.97 Å². The molecule has 1 aliphatic heterocycles. The van der Waals surface area contributed by atoms with Crippen LogP contribution in [0.15, 0.2) is 24.3 Å². The van der Waals surface area contributed by atoms with Crippen LogP contribution in [0.4, 0.5) is 11.4 Å². The molecule has 0 aromatic heterocycles. The van der Waals surface area contributed by atoms with Crippen LogP contribution in [-0.4, -0.2) is 30.6 Å². The minimum Gasteiger partial charge on any atom is -0.466 e. The molecule has 0 N–H and O–H groups in total. The molecule has 1 fully saturated rings. The summed E-state index contributed by atoms with van der Waals surface area (Å²) >= 11 is 0. The summed E-state index contributed by atoms with van der Waals surface area (Å²) in [5.74, 6) is -0.417. The van der Waals surface area contributed by atoms with Crippen molar-refractivity contribution in [3.05, 3.63) is 34.4 Å². The Hall–Kier alpha value is -2.11. The molecule has 0 spiro atoms. The molecule has 0 radical (unpaired) electrons. The van der Waals surface area contributed by atoms with Crippen molar-refractivity contribution in [2.24, 2.45) is 5.92 Å². The van der Waals surface area contributed by atoms with Crippen molar-refractivity contribution in [2.75, 3.05) is 24.6 Å². The maximum absolute atomic E-state index is 11.8. The van der Waals surface area contributed by atoms with Gasteiger partial charge in [0.15, 0.2) is 0 Å². The van der Waals surface area contributed by atoms with Gasteiger partial charge in [0.1, 0.15) is 5.69 Å². The number of anilines is 1. The van der Waals surface area contributed by atoms with Gasteiger partial charge in [-0.05, 0) is 25.8 Å². The predicted octanol–water partition coefficient (Wildman–Crippen LogP) is 2.37. The second-order valence-electron chi connectivity index (χ2n) is 4.78. The van der Waals surface area contributed by atoms with Gasteiger partial charge in [0.2, 0.25) is 0 Å². The third-order valence-corrected chi connectivity index (χ3v) is 3.46. The second kappa shape index (κ2) is 6.36. The van der Waals surface area contributed by atoms with Crippen LogP contribution in [0.25, 0.3) is 0 Å². The third-order valence-electron chi connectivity index (χ3n) is 3.46. The Morgan fingerprint density at radius 3 is 2.95 bits per heavy atom. The number of nitro groups is 1. The van der Waals surface area contributed by atoms with E-state index in [1.807, 2.05) is 4.90 Å². The van der Waals surface area contributed by atoms with Gasteiger partial charge in [0, 0.05) is 19.2 Å². The molecule has 1 unspecified atom stereocenters. The van der Waals surface area contributed by atoms with Crippen LogP contribution in [0, 0.1) is 16.0 Å². The van der Waals surface area contributed by atoms with Crippen molar-refractivity contribution in [1.29, 1.82) is 0 Å². The van der Waals surface area contributed by atoms with Gasteiger partial charge in [0.05, 0.1) is 17.4 Å². The number of benzene rings is 1. The SMILES string of the molecule is CCOC(=O)C1CCCN(c2ccccc2[N+](=O)[O-])C1. The summed E-state index contributed by atoms with van der Waals surface area (Å²) < 4.78 is 5.04. The minimum absolute atomic E-state index is 0.0806. The topological polar surface area (TPSA) is 72.7 Å². The number of ether oxygens (including phenoxy) is 1. The van der Waals surface area contributed by atoms with E-state index >= 15 is 0 Å². The van der Waals surface area contributed by atoms with E-state index in [1.165, 1.54) is 6.07 Å². The van der Waals surface area contributed by atoms with Crippen LogP contribution >= 0.6 is 0 Å². The third kappa shape index (κ3) is 3.07. The van der Waals surface area contributed by atoms with E-state index in [1.54, 1.807) is 25.1 Å². The van der Waals surface area contributed by atoms with Gasteiger partial charge in [-0.1, -0.05) is 12.1 Å². The van der Waals surface area contributed by atoms with Crippen LogP contribution in [0.2, 0.25) is 0 Å². The summed E-state index contributed by atoms with van der Waals surface area (Å²) in [5, 5.41) is 11.1. The number of nitro benzene ring substituents is 1. The first-order valence-electron chi connectivity index (χ1n) is 6.78. The molecule has 108 valence electrons. The Morgan fingerprint density at radius 1 is 1.50 bits per heavy atom. The van der Waals surface area contributed by atoms with E-state index in [0.29, 0.717) is 18.8 Å². The number of carbonyl (C=O) groups excluding carboxylic acids is 1. The highest BCUT2D eigenvalue weighted by Crippen LogP contribution is 2.31. The summed E-state index contributed by atoms with van der Waals surface area (Å²) in [6.45, 7) is 3.34. The number of rotatable bonds is 4. The van der Waals surface area contributed by atoms with E-state index in [4.69, 9.17) is 4.74 Å². The number of nitrogens with zero attached hydrogens (tertiary/aromatic N) is 2. The maximum atomic E-state index is 11.8. The Morgan fingerprint density at radius 2 is 2.25 bits per heavy atom. The lowest BCUT2D eigenvalue weighted by atomic mass is 9.97. The fraction of sp³-hybridized carbons (Fsp3) is 0.500. The molecule has 1 atom stereocenters. The zero-order valence-electron chi connectivity index (χ0n) is 11.4. The Balaban J connectivity index is 2.17. The molecule has 0 bridgehead atoms. The highest BCUT2D eigenvalue weighted by atomic mass is 16.6. The van der Waals surface area contributed by atoms with E-state index < -0.39 is 0 Å². The number of carbonyl (C=O) groups is 1. The van der Waals surface area contributed by atoms with Gasteiger partial charge in [-0.25, -0.2) is 0 Å². The molecule has 0 aliphatic carbocycles. The van der Waals surface area contributed by atoms with Crippen molar-refractivity contribution in [3.8, 4) is 0 Å². The molecular weight excluding hydrogens is 260 g/mol. The number of piperidine rings is 1. The smallest absolute Gasteiger partial charge is 0.310 e. The van der Waals surface area contributed by atoms with Gasteiger partial charge < -0.3 is 9.64 Å². The lowest BCUT2D eigenvalue weighted by Crippen LogP contribution is -2.39. The molecule has 6 heteroatoms. The van der Waals surface area contributed by atoms with Gasteiger partial charge in [-0.3, -0.25) is 14.9 Å². The molecule has 1 aromatic carbocycles. The summed E-state index contributed by atoms with van der Waals surface area (Å²) in [7, 11) is 0. The van der Waals surface area contributed by atoms with Crippen molar-refractivity contribution in [2.45, 2.75) is 19.8 Å². The molecule has 6 nitrogen and oxygen atoms in total. The lowest BCUT2D eigenvalue weighted by Gasteiger charge is -2.32. The van der Waals surface area contributed by atoms with Crippen molar-refractivity contribution < 1.29 is 14.5 Å². The van der Waals surface area contributed by atoms with Crippen molar-refractivity contribution >= 4 is 17.3 Å². The molecule has 0 amide bonds. The van der Waals surface area contributed by atoms with E-state index in [-0.39, 0.29) is 22.5 Å². The lowest BCUT2D eigenvalue weighted by molar-refractivity contribution is -0.384. The summed E-state index contributed by atoms with van der Waals surface area (Å²) in [6, 6.07) is 6.64. The highest BCUT2D eigenvalue weighted by Gasteiger charge is 2.29. The molecule has 1 heterocycles. The summed E-state index contributed by atoms with van der Waals surface area (Å²) in [6.07, 6.45) is 1.60. The second-order valence-corrected chi connectivity index (χ2v) is 4.78. The van der Waals surface area contributed by atoms with Crippen LogP contribution in [-0.2, 0) is 9.53 Å². The fourth-order valence-corrected chi connectivity index (χ4v) is 2.53. The minimum atomic E-state index is -0.386. The van der Waals surface area contributed by atoms with Gasteiger partial charge in [-0.15, -0.1) is 0 Å². The van der Waals surface area contributed by atoms with Crippen molar-refractivity contribution in [1.82, 2.24) is 0 Å². The zero-order chi connectivity index (χ0) is 14.5. The average molecular weight is 278 g/mol. The molecule has 0 saturated carbocycles. The maximum Gasteiger partial charge on any atom is 0.310 e. The average Bonchev–Trinajstić information content (AvgIpc) is 2.47. The van der Waals surface area contributed by atoms with Crippen LogP contribution in [0.5, 0.6) is 0 Å². The first kappa shape index (κ1) is 14.3. The molecule has 2 rings (SSSR count). The van der Waals surface area contributed by atoms with Gasteiger partial charge in [0.25, 0.3) is 5.69 Å². The number of hydrogen-bond donors (Lipinski definition) is 0. The monoisotopic (exact) mass is 278 g/mol. The quantitative estimate of drug-likeness (QED) is 0.480. The predicted molar refractivity (Wildman–Crippen MR) is 74.7 cm³/mol. The standard InChI is InChI=1S/C14H18N2O4/c1-2-20-14(17)11-6-5-9-15(10-11)12-7-3-4-8-13(12)16(18)19/h3-4,7-8,11H,2,5-6,9-10H2,1H3. The van der Waals surface area contributed by atoms with E-state index in [2.05, 4.69) is 0 Å². The number of esters is 1. The zero-order valence-corrected chi connectivity index (χ0v) is 11.4. The first-order chi connectivity index (χ1) is 9.63. The Kier molecular flexibility index (Phi) is 4.55. The summed E-state index contributed by atoms with van der Waals surface area (Å²) in [5.41, 5.74) is 0.656. The Bertz CT molecular complexity index is 504. The fourth-order valence-electron chi connectivity index (χ4n) is 2.53. The Labute approximate surface area is 117 Å². The van der Waals surface area contributed by atoms with Crippen LogP contribution < -0.4 is 4.90 Å². The van der Waals surface area contributed by atoms with Crippen LogP contribution in [0.1, 0.15) is 19.8 Å². The highest BCUT2D eigenvalue weighted by molar-refractivity contribution is 5.74. The molecular formula is C14H18N2O4. The molecule has 20 heavy (non-hydrogen) atoms. The van der Waals surface area contributed by atoms with Crippen LogP contribution in [0.3, 0.4) is 0 Å². The number of hydrogen-bond acceptors (Lipinski definition) is 5. The summed E-state index contributed by atoms with van der Waals surface area (Å²) in [4.78, 5) is 24.4. The van der Waals surface area contributed by atoms with E-state index in [9.17, 15) is 14.9 Å². The molecule has 1 saturated heterocycles. The van der Waals surface area contributed by atoms with Gasteiger partial charge in [-0.2, -0.15) is 0 Å². The first-order valence-corrected chi connectivity index (χ1v) is 6.78.